The molecule has 1 heterocycles. The highest BCUT2D eigenvalue weighted by Crippen LogP contribution is 2.18. The van der Waals surface area contributed by atoms with Gasteiger partial charge < -0.3 is 26.8 Å². The van der Waals surface area contributed by atoms with Gasteiger partial charge in [0.25, 0.3) is 5.91 Å². The lowest BCUT2D eigenvalue weighted by atomic mass is 10.1. The number of nitrogen functional groups attached to an aromatic ring is 2. The summed E-state index contributed by atoms with van der Waals surface area (Å²) in [6.45, 7) is 0.785. The maximum atomic E-state index is 12.4. The van der Waals surface area contributed by atoms with Crippen molar-refractivity contribution in [2.75, 3.05) is 31.2 Å². The zero-order valence-electron chi connectivity index (χ0n) is 10.3. The number of carbonyl (C=O) groups is 2. The van der Waals surface area contributed by atoms with Crippen molar-refractivity contribution in [1.82, 2.24) is 4.90 Å². The molecule has 0 saturated carbocycles. The summed E-state index contributed by atoms with van der Waals surface area (Å²) >= 11 is 0. The Bertz CT molecular complexity index is 497. The van der Waals surface area contributed by atoms with Crippen molar-refractivity contribution in [3.05, 3.63) is 23.8 Å². The molecule has 0 bridgehead atoms. The first kappa shape index (κ1) is 13.2. The van der Waals surface area contributed by atoms with Crippen molar-refractivity contribution < 1.29 is 14.3 Å². The second-order valence-electron chi connectivity index (χ2n) is 4.38. The van der Waals surface area contributed by atoms with Crippen LogP contribution in [0.5, 0.6) is 0 Å². The number of hydrogen-bond donors (Lipinski definition) is 3. The number of benzene rings is 1. The summed E-state index contributed by atoms with van der Waals surface area (Å²) in [7, 11) is 0. The number of anilines is 2. The van der Waals surface area contributed by atoms with Crippen LogP contribution in [0.2, 0.25) is 0 Å². The van der Waals surface area contributed by atoms with E-state index in [1.54, 1.807) is 6.07 Å². The van der Waals surface area contributed by atoms with Gasteiger partial charge in [0.15, 0.2) is 0 Å². The van der Waals surface area contributed by atoms with E-state index in [0.717, 1.165) is 0 Å². The van der Waals surface area contributed by atoms with E-state index in [2.05, 4.69) is 0 Å². The van der Waals surface area contributed by atoms with E-state index in [1.165, 1.54) is 17.0 Å². The summed E-state index contributed by atoms with van der Waals surface area (Å²) in [5.41, 5.74) is 17.7. The maximum absolute atomic E-state index is 12.4. The van der Waals surface area contributed by atoms with Crippen molar-refractivity contribution in [3.63, 3.8) is 0 Å². The van der Waals surface area contributed by atoms with Crippen LogP contribution in [0.25, 0.3) is 0 Å². The zero-order valence-corrected chi connectivity index (χ0v) is 10.3. The van der Waals surface area contributed by atoms with Crippen LogP contribution in [-0.2, 0) is 9.53 Å². The van der Waals surface area contributed by atoms with Crippen molar-refractivity contribution >= 4 is 23.2 Å². The first-order chi connectivity index (χ1) is 8.99. The Balaban J connectivity index is 2.28. The summed E-state index contributed by atoms with van der Waals surface area (Å²) in [6.07, 6.45) is 0. The molecule has 1 aliphatic heterocycles. The van der Waals surface area contributed by atoms with Crippen LogP contribution in [0.3, 0.4) is 0 Å². The van der Waals surface area contributed by atoms with E-state index in [9.17, 15) is 9.59 Å². The van der Waals surface area contributed by atoms with Crippen LogP contribution < -0.4 is 17.2 Å². The normalized spacial score (nSPS) is 19.2. The molecule has 1 aromatic carbocycles. The third-order valence-corrected chi connectivity index (χ3v) is 2.94. The predicted molar refractivity (Wildman–Crippen MR) is 70.1 cm³/mol. The molecule has 0 radical (unpaired) electrons. The molecule has 1 fully saturated rings. The van der Waals surface area contributed by atoms with Crippen molar-refractivity contribution in [2.45, 2.75) is 6.04 Å². The monoisotopic (exact) mass is 264 g/mol. The lowest BCUT2D eigenvalue weighted by Crippen LogP contribution is -2.54. The van der Waals surface area contributed by atoms with Gasteiger partial charge in [0.2, 0.25) is 5.91 Å². The molecule has 1 unspecified atom stereocenters. The standard InChI is InChI=1S/C12H16N4O3/c13-8-3-7(4-9(14)5-8)12(18)16-1-2-19-6-10(16)11(15)17/h3-5,10H,1-2,6,13-14H2,(H2,15,17). The maximum Gasteiger partial charge on any atom is 0.254 e. The van der Waals surface area contributed by atoms with E-state index in [-0.39, 0.29) is 12.5 Å². The molecule has 0 aliphatic carbocycles. The first-order valence-electron chi connectivity index (χ1n) is 5.83. The van der Waals surface area contributed by atoms with E-state index < -0.39 is 11.9 Å². The minimum atomic E-state index is -0.760. The summed E-state index contributed by atoms with van der Waals surface area (Å²) in [6, 6.07) is 3.84. The Morgan fingerprint density at radius 3 is 2.42 bits per heavy atom. The quantitative estimate of drug-likeness (QED) is 0.602. The molecule has 7 heteroatoms. The third kappa shape index (κ3) is 2.76. The molecular formula is C12H16N4O3. The SMILES string of the molecule is NC(=O)C1COCCN1C(=O)c1cc(N)cc(N)c1. The highest BCUT2D eigenvalue weighted by molar-refractivity contribution is 5.99. The molecule has 0 aromatic heterocycles. The van der Waals surface area contributed by atoms with E-state index >= 15 is 0 Å². The van der Waals surface area contributed by atoms with Crippen LogP contribution in [0, 0.1) is 0 Å². The highest BCUT2D eigenvalue weighted by Gasteiger charge is 2.32. The van der Waals surface area contributed by atoms with Gasteiger partial charge in [0.05, 0.1) is 13.2 Å². The topological polar surface area (TPSA) is 125 Å². The number of amides is 2. The number of morpholine rings is 1. The zero-order chi connectivity index (χ0) is 14.0. The summed E-state index contributed by atoms with van der Waals surface area (Å²) in [5.74, 6) is -0.920. The number of nitrogens with zero attached hydrogens (tertiary/aromatic N) is 1. The van der Waals surface area contributed by atoms with E-state index in [1.807, 2.05) is 0 Å². The van der Waals surface area contributed by atoms with Crippen molar-refractivity contribution in [1.29, 1.82) is 0 Å². The minimum absolute atomic E-state index is 0.110. The van der Waals surface area contributed by atoms with Gasteiger partial charge >= 0.3 is 0 Å². The Kier molecular flexibility index (Phi) is 3.57. The average Bonchev–Trinajstić information content (AvgIpc) is 2.36. The lowest BCUT2D eigenvalue weighted by Gasteiger charge is -2.33. The van der Waals surface area contributed by atoms with Crippen LogP contribution in [-0.4, -0.2) is 42.5 Å². The largest absolute Gasteiger partial charge is 0.399 e. The fraction of sp³-hybridized carbons (Fsp3) is 0.333. The number of primary amides is 1. The van der Waals surface area contributed by atoms with Gasteiger partial charge in [-0.2, -0.15) is 0 Å². The van der Waals surface area contributed by atoms with Gasteiger partial charge in [-0.1, -0.05) is 0 Å². The number of hydrogen-bond acceptors (Lipinski definition) is 5. The second-order valence-corrected chi connectivity index (χ2v) is 4.38. The van der Waals surface area contributed by atoms with Gasteiger partial charge in [-0.25, -0.2) is 0 Å². The summed E-state index contributed by atoms with van der Waals surface area (Å²) < 4.78 is 5.16. The van der Waals surface area contributed by atoms with Gasteiger partial charge in [0.1, 0.15) is 6.04 Å². The Morgan fingerprint density at radius 1 is 1.21 bits per heavy atom. The molecule has 2 amide bonds. The first-order valence-corrected chi connectivity index (χ1v) is 5.83. The molecule has 6 N–H and O–H groups in total. The van der Waals surface area contributed by atoms with E-state index in [4.69, 9.17) is 21.9 Å². The fourth-order valence-electron chi connectivity index (χ4n) is 2.05. The van der Waals surface area contributed by atoms with Crippen molar-refractivity contribution in [3.8, 4) is 0 Å². The predicted octanol–water partition coefficient (Wildman–Crippen LogP) is -0.823. The Hall–Kier alpha value is -2.28. The molecule has 1 atom stereocenters. The Morgan fingerprint density at radius 2 is 1.84 bits per heavy atom. The fourth-order valence-corrected chi connectivity index (χ4v) is 2.05. The number of nitrogens with two attached hydrogens (primary N) is 3. The summed E-state index contributed by atoms with van der Waals surface area (Å²) in [4.78, 5) is 25.1. The van der Waals surface area contributed by atoms with Gasteiger partial charge in [-0.3, -0.25) is 9.59 Å². The smallest absolute Gasteiger partial charge is 0.254 e. The molecule has 1 aromatic rings. The van der Waals surface area contributed by atoms with Crippen LogP contribution in [0.1, 0.15) is 10.4 Å². The van der Waals surface area contributed by atoms with Gasteiger partial charge in [-0.05, 0) is 18.2 Å². The third-order valence-electron chi connectivity index (χ3n) is 2.94. The molecule has 1 saturated heterocycles. The second kappa shape index (κ2) is 5.15. The van der Waals surface area contributed by atoms with Gasteiger partial charge in [0, 0.05) is 23.5 Å². The highest BCUT2D eigenvalue weighted by atomic mass is 16.5. The van der Waals surface area contributed by atoms with Crippen LogP contribution in [0.4, 0.5) is 11.4 Å². The molecule has 0 spiro atoms. The molecule has 1 aliphatic rings. The van der Waals surface area contributed by atoms with Crippen LogP contribution >= 0.6 is 0 Å². The lowest BCUT2D eigenvalue weighted by molar-refractivity contribution is -0.127. The van der Waals surface area contributed by atoms with Crippen LogP contribution in [0.15, 0.2) is 18.2 Å². The van der Waals surface area contributed by atoms with Gasteiger partial charge in [-0.15, -0.1) is 0 Å². The molecule has 19 heavy (non-hydrogen) atoms. The molecule has 102 valence electrons. The minimum Gasteiger partial charge on any atom is -0.399 e. The number of ether oxygens (including phenoxy) is 1. The molecule has 2 rings (SSSR count). The Labute approximate surface area is 110 Å². The summed E-state index contributed by atoms with van der Waals surface area (Å²) in [5, 5.41) is 0. The number of carbonyl (C=O) groups excluding carboxylic acids is 2. The van der Waals surface area contributed by atoms with E-state index in [0.29, 0.717) is 30.1 Å². The number of rotatable bonds is 2. The van der Waals surface area contributed by atoms with Crippen molar-refractivity contribution in [2.24, 2.45) is 5.73 Å². The molecular weight excluding hydrogens is 248 g/mol. The average molecular weight is 264 g/mol. The molecule has 7 nitrogen and oxygen atoms in total.